The number of nitrogen functional groups attached to an aromatic ring is 1. The third kappa shape index (κ3) is 3.87. The number of anilines is 2. The van der Waals surface area contributed by atoms with Gasteiger partial charge in [-0.15, -0.1) is 16.9 Å². The Kier molecular flexibility index (Phi) is 4.28. The Morgan fingerprint density at radius 2 is 2.32 bits per heavy atom. The average Bonchev–Trinajstić information content (AvgIpc) is 2.76. The van der Waals surface area contributed by atoms with Crippen LogP contribution in [0.5, 0.6) is 0 Å². The van der Waals surface area contributed by atoms with E-state index in [0.29, 0.717) is 16.6 Å². The van der Waals surface area contributed by atoms with Crippen LogP contribution in [-0.2, 0) is 4.79 Å². The lowest BCUT2D eigenvalue weighted by Gasteiger charge is -2.03. The van der Waals surface area contributed by atoms with Crippen molar-refractivity contribution < 1.29 is 9.21 Å². The number of aryl methyl sites for hydroxylation is 1. The number of hydrogen-bond donors (Lipinski definition) is 2. The molecule has 0 aliphatic rings. The lowest BCUT2D eigenvalue weighted by atomic mass is 10.3. The minimum atomic E-state index is -0.235. The molecule has 100 valence electrons. The van der Waals surface area contributed by atoms with E-state index >= 15 is 0 Å². The summed E-state index contributed by atoms with van der Waals surface area (Å²) in [6.45, 7) is 1.65. The molecule has 6 nitrogen and oxygen atoms in total. The molecule has 1 heterocycles. The number of hydrogen-bond acceptors (Lipinski definition) is 6. The van der Waals surface area contributed by atoms with Gasteiger partial charge in [-0.25, -0.2) is 0 Å². The summed E-state index contributed by atoms with van der Waals surface area (Å²) < 4.78 is 5.04. The van der Waals surface area contributed by atoms with Crippen molar-refractivity contribution in [1.82, 2.24) is 10.2 Å². The fraction of sp³-hybridized carbons (Fsp3) is 0.182. The van der Waals surface area contributed by atoms with E-state index in [1.165, 1.54) is 11.8 Å². The molecule has 0 aliphatic heterocycles. The molecular weight excluding hydrogens is 288 g/mol. The van der Waals surface area contributed by atoms with Crippen molar-refractivity contribution in [2.45, 2.75) is 11.8 Å². The molecule has 8 heteroatoms. The normalized spacial score (nSPS) is 10.4. The first-order chi connectivity index (χ1) is 9.04. The summed E-state index contributed by atoms with van der Waals surface area (Å²) in [6.07, 6.45) is 0. The highest BCUT2D eigenvalue weighted by molar-refractivity contribution is 8.00. The van der Waals surface area contributed by atoms with Gasteiger partial charge in [0.05, 0.1) is 16.5 Å². The van der Waals surface area contributed by atoms with Crippen LogP contribution in [0.4, 0.5) is 11.7 Å². The van der Waals surface area contributed by atoms with Crippen LogP contribution in [0.3, 0.4) is 0 Å². The summed E-state index contributed by atoms with van der Waals surface area (Å²) in [5.41, 5.74) is 6.11. The predicted molar refractivity (Wildman–Crippen MR) is 74.3 cm³/mol. The van der Waals surface area contributed by atoms with Gasteiger partial charge in [-0.3, -0.25) is 10.1 Å². The Balaban J connectivity index is 1.88. The highest BCUT2D eigenvalue weighted by Crippen LogP contribution is 2.26. The summed E-state index contributed by atoms with van der Waals surface area (Å²) in [6, 6.07) is 5.31. The highest BCUT2D eigenvalue weighted by Gasteiger charge is 2.08. The van der Waals surface area contributed by atoms with Gasteiger partial charge in [-0.05, 0) is 18.2 Å². The van der Waals surface area contributed by atoms with Crippen molar-refractivity contribution in [2.24, 2.45) is 0 Å². The second-order valence-electron chi connectivity index (χ2n) is 3.65. The van der Waals surface area contributed by atoms with Gasteiger partial charge in [0.1, 0.15) is 0 Å². The first kappa shape index (κ1) is 13.7. The number of carbonyl (C=O) groups excluding carboxylic acids is 1. The molecule has 19 heavy (non-hydrogen) atoms. The Labute approximate surface area is 118 Å². The van der Waals surface area contributed by atoms with E-state index in [9.17, 15) is 4.79 Å². The van der Waals surface area contributed by atoms with Crippen molar-refractivity contribution >= 4 is 41.0 Å². The largest absolute Gasteiger partial charge is 0.408 e. The molecule has 1 aromatic heterocycles. The van der Waals surface area contributed by atoms with Crippen LogP contribution in [0.2, 0.25) is 5.02 Å². The zero-order valence-corrected chi connectivity index (χ0v) is 11.6. The molecule has 1 aromatic carbocycles. The highest BCUT2D eigenvalue weighted by atomic mass is 35.5. The summed E-state index contributed by atoms with van der Waals surface area (Å²) in [5.74, 6) is 0.372. The number of nitrogens with two attached hydrogens (primary N) is 1. The van der Waals surface area contributed by atoms with Crippen LogP contribution in [0.15, 0.2) is 27.5 Å². The summed E-state index contributed by atoms with van der Waals surface area (Å²) in [7, 11) is 0. The van der Waals surface area contributed by atoms with Crippen molar-refractivity contribution in [3.63, 3.8) is 0 Å². The van der Waals surface area contributed by atoms with Gasteiger partial charge >= 0.3 is 6.01 Å². The van der Waals surface area contributed by atoms with Gasteiger partial charge in [0.15, 0.2) is 0 Å². The van der Waals surface area contributed by atoms with Crippen LogP contribution >= 0.6 is 23.4 Å². The van der Waals surface area contributed by atoms with Gasteiger partial charge in [-0.1, -0.05) is 16.7 Å². The monoisotopic (exact) mass is 298 g/mol. The summed E-state index contributed by atoms with van der Waals surface area (Å²) >= 11 is 7.23. The van der Waals surface area contributed by atoms with Crippen LogP contribution in [0.1, 0.15) is 5.89 Å². The Bertz CT molecular complexity index is 602. The fourth-order valence-corrected chi connectivity index (χ4v) is 2.23. The molecule has 2 aromatic rings. The number of nitrogens with zero attached hydrogens (tertiary/aromatic N) is 2. The van der Waals surface area contributed by atoms with Gasteiger partial charge in [0.25, 0.3) is 0 Å². The predicted octanol–water partition coefficient (Wildman–Crippen LogP) is 2.34. The van der Waals surface area contributed by atoms with Crippen molar-refractivity contribution in [3.8, 4) is 0 Å². The molecule has 0 aliphatic carbocycles. The van der Waals surface area contributed by atoms with Crippen LogP contribution < -0.4 is 11.1 Å². The second kappa shape index (κ2) is 5.94. The van der Waals surface area contributed by atoms with E-state index < -0.39 is 0 Å². The fourth-order valence-electron chi connectivity index (χ4n) is 1.25. The molecule has 0 radical (unpaired) electrons. The molecule has 0 saturated carbocycles. The number of thioether (sulfide) groups is 1. The third-order valence-electron chi connectivity index (χ3n) is 2.11. The number of aromatic nitrogens is 2. The molecule has 1 amide bonds. The summed E-state index contributed by atoms with van der Waals surface area (Å²) in [5, 5.41) is 10.3. The Hall–Kier alpha value is -1.73. The molecule has 0 bridgehead atoms. The zero-order valence-electron chi connectivity index (χ0n) is 10.0. The maximum atomic E-state index is 11.6. The van der Waals surface area contributed by atoms with Crippen LogP contribution in [0, 0.1) is 6.92 Å². The SMILES string of the molecule is Cc1nnc(NC(=O)CSc2ccc(N)c(Cl)c2)o1. The van der Waals surface area contributed by atoms with Gasteiger partial charge < -0.3 is 10.2 Å². The number of nitrogens with one attached hydrogen (secondary N) is 1. The quantitative estimate of drug-likeness (QED) is 0.664. The van der Waals surface area contributed by atoms with E-state index in [0.717, 1.165) is 4.90 Å². The zero-order chi connectivity index (χ0) is 13.8. The molecule has 2 rings (SSSR count). The third-order valence-corrected chi connectivity index (χ3v) is 3.44. The lowest BCUT2D eigenvalue weighted by molar-refractivity contribution is -0.113. The van der Waals surface area contributed by atoms with E-state index in [2.05, 4.69) is 15.5 Å². The first-order valence-corrected chi connectivity index (χ1v) is 6.69. The number of rotatable bonds is 4. The number of benzene rings is 1. The van der Waals surface area contributed by atoms with E-state index in [4.69, 9.17) is 21.8 Å². The van der Waals surface area contributed by atoms with Gasteiger partial charge in [0.2, 0.25) is 11.8 Å². The number of amides is 1. The van der Waals surface area contributed by atoms with Crippen molar-refractivity contribution in [2.75, 3.05) is 16.8 Å². The van der Waals surface area contributed by atoms with Gasteiger partial charge in [0, 0.05) is 11.8 Å². The molecule has 0 unspecified atom stereocenters. The van der Waals surface area contributed by atoms with Crippen LogP contribution in [0.25, 0.3) is 0 Å². The number of halogens is 1. The molecule has 0 saturated heterocycles. The maximum absolute atomic E-state index is 11.6. The Morgan fingerprint density at radius 1 is 1.53 bits per heavy atom. The smallest absolute Gasteiger partial charge is 0.322 e. The first-order valence-electron chi connectivity index (χ1n) is 5.32. The van der Waals surface area contributed by atoms with E-state index in [1.54, 1.807) is 25.1 Å². The van der Waals surface area contributed by atoms with Crippen LogP contribution in [-0.4, -0.2) is 21.9 Å². The van der Waals surface area contributed by atoms with E-state index in [1.807, 2.05) is 0 Å². The number of carbonyl (C=O) groups is 1. The lowest BCUT2D eigenvalue weighted by Crippen LogP contribution is -2.14. The topological polar surface area (TPSA) is 94.0 Å². The van der Waals surface area contributed by atoms with E-state index in [-0.39, 0.29) is 17.7 Å². The molecule has 0 spiro atoms. The Morgan fingerprint density at radius 3 is 2.95 bits per heavy atom. The second-order valence-corrected chi connectivity index (χ2v) is 5.10. The minimum Gasteiger partial charge on any atom is -0.408 e. The molecule has 0 atom stereocenters. The average molecular weight is 299 g/mol. The molecule has 3 N–H and O–H groups in total. The minimum absolute atomic E-state index is 0.0958. The molecular formula is C11H11ClN4O2S. The summed E-state index contributed by atoms with van der Waals surface area (Å²) in [4.78, 5) is 12.5. The van der Waals surface area contributed by atoms with Crippen molar-refractivity contribution in [1.29, 1.82) is 0 Å². The molecule has 0 fully saturated rings. The maximum Gasteiger partial charge on any atom is 0.322 e. The standard InChI is InChI=1S/C11H11ClN4O2S/c1-6-15-16-11(18-6)14-10(17)5-19-7-2-3-9(13)8(12)4-7/h2-4H,5,13H2,1H3,(H,14,16,17). The van der Waals surface area contributed by atoms with Crippen molar-refractivity contribution in [3.05, 3.63) is 29.1 Å². The van der Waals surface area contributed by atoms with Gasteiger partial charge in [-0.2, -0.15) is 0 Å².